The van der Waals surface area contributed by atoms with Gasteiger partial charge in [0.25, 0.3) is 0 Å². The van der Waals surface area contributed by atoms with Crippen LogP contribution in [-0.4, -0.2) is 9.70 Å². The van der Waals surface area contributed by atoms with E-state index < -0.39 is 9.17 Å². The second-order valence-corrected chi connectivity index (χ2v) is 6.47. The molecule has 1 unspecified atom stereocenters. The van der Waals surface area contributed by atoms with Crippen molar-refractivity contribution in [1.29, 1.82) is 0 Å². The molecule has 1 aromatic rings. The van der Waals surface area contributed by atoms with Gasteiger partial charge in [0.15, 0.2) is 0 Å². The van der Waals surface area contributed by atoms with Crippen molar-refractivity contribution in [2.24, 2.45) is 0 Å². The zero-order valence-electron chi connectivity index (χ0n) is 9.23. The first-order valence-electron chi connectivity index (χ1n) is 4.80. The summed E-state index contributed by atoms with van der Waals surface area (Å²) in [5.41, 5.74) is 2.22. The lowest BCUT2D eigenvalue weighted by Gasteiger charge is -2.19. The number of hydrogen-bond donors (Lipinski definition) is 1. The Morgan fingerprint density at radius 2 is 1.94 bits per heavy atom. The van der Waals surface area contributed by atoms with Gasteiger partial charge in [0.2, 0.25) is 9.70 Å². The van der Waals surface area contributed by atoms with Crippen molar-refractivity contribution in [3.05, 3.63) is 29.3 Å². The number of anilines is 1. The van der Waals surface area contributed by atoms with Crippen LogP contribution >= 0.6 is 46.4 Å². The molecule has 0 spiro atoms. The maximum Gasteiger partial charge on any atom is 0.221 e. The van der Waals surface area contributed by atoms with Gasteiger partial charge in [-0.2, -0.15) is 0 Å². The monoisotopic (exact) mass is 313 g/mol. The molecule has 0 fully saturated rings. The predicted molar refractivity (Wildman–Crippen MR) is 74.4 cm³/mol. The molecule has 1 N–H and O–H groups in total. The first-order chi connectivity index (χ1) is 7.71. The van der Waals surface area contributed by atoms with Crippen LogP contribution in [0.4, 0.5) is 5.69 Å². The van der Waals surface area contributed by atoms with Crippen LogP contribution in [-0.2, 0) is 4.79 Å². The molecule has 1 atom stereocenters. The fourth-order valence-electron chi connectivity index (χ4n) is 1.31. The number of hydrogen-bond acceptors (Lipinski definition) is 1. The van der Waals surface area contributed by atoms with Crippen molar-refractivity contribution in [1.82, 2.24) is 0 Å². The van der Waals surface area contributed by atoms with Gasteiger partial charge in [-0.25, -0.2) is 0 Å². The van der Waals surface area contributed by atoms with E-state index >= 15 is 0 Å². The Morgan fingerprint density at radius 3 is 2.41 bits per heavy atom. The van der Waals surface area contributed by atoms with E-state index in [0.29, 0.717) is 11.3 Å². The molecule has 94 valence electrons. The summed E-state index contributed by atoms with van der Waals surface area (Å²) in [6.07, 6.45) is 0. The average Bonchev–Trinajstić information content (AvgIpc) is 2.18. The number of aryl methyl sites for hydroxylation is 1. The highest BCUT2D eigenvalue weighted by molar-refractivity contribution is 6.70. The first kappa shape index (κ1) is 14.9. The molecule has 6 heteroatoms. The molecule has 0 saturated heterocycles. The maximum atomic E-state index is 11.0. The predicted octanol–water partition coefficient (Wildman–Crippen LogP) is 4.60. The highest BCUT2D eigenvalue weighted by atomic mass is 35.6. The number of nitrogens with one attached hydrogen (secondary N) is 1. The van der Waals surface area contributed by atoms with Crippen LogP contribution in [0, 0.1) is 6.92 Å². The van der Waals surface area contributed by atoms with Crippen molar-refractivity contribution in [2.75, 3.05) is 5.32 Å². The van der Waals surface area contributed by atoms with Crippen molar-refractivity contribution < 1.29 is 4.79 Å². The minimum absolute atomic E-state index is 0.162. The van der Waals surface area contributed by atoms with E-state index in [1.807, 2.05) is 13.0 Å². The van der Waals surface area contributed by atoms with Crippen LogP contribution in [0.3, 0.4) is 0 Å². The van der Waals surface area contributed by atoms with Gasteiger partial charge >= 0.3 is 0 Å². The standard InChI is InChI=1S/C11H11Cl4NO/c1-6-3-4-8(10(12)11(13,14)15)5-9(6)16-7(2)17/h3-5,10H,1-2H3,(H,16,17). The Kier molecular flexibility index (Phi) is 4.96. The Balaban J connectivity index is 3.08. The van der Waals surface area contributed by atoms with Crippen molar-refractivity contribution in [2.45, 2.75) is 23.0 Å². The van der Waals surface area contributed by atoms with E-state index in [9.17, 15) is 4.79 Å². The Labute approximate surface area is 120 Å². The lowest BCUT2D eigenvalue weighted by molar-refractivity contribution is -0.114. The fraction of sp³-hybridized carbons (Fsp3) is 0.364. The van der Waals surface area contributed by atoms with Gasteiger partial charge in [0, 0.05) is 12.6 Å². The number of rotatable bonds is 2. The lowest BCUT2D eigenvalue weighted by Crippen LogP contribution is -2.13. The van der Waals surface area contributed by atoms with Gasteiger partial charge in [0.05, 0.1) is 0 Å². The highest BCUT2D eigenvalue weighted by Crippen LogP contribution is 2.44. The maximum absolute atomic E-state index is 11.0. The van der Waals surface area contributed by atoms with E-state index in [-0.39, 0.29) is 5.91 Å². The van der Waals surface area contributed by atoms with Gasteiger partial charge in [-0.15, -0.1) is 11.6 Å². The molecule has 1 aromatic carbocycles. The SMILES string of the molecule is CC(=O)Nc1cc(C(Cl)C(Cl)(Cl)Cl)ccc1C. The van der Waals surface area contributed by atoms with Crippen molar-refractivity contribution >= 4 is 58.0 Å². The van der Waals surface area contributed by atoms with Crippen molar-refractivity contribution in [3.8, 4) is 0 Å². The molecule has 17 heavy (non-hydrogen) atoms. The van der Waals surface area contributed by atoms with E-state index in [4.69, 9.17) is 46.4 Å². The number of alkyl halides is 4. The normalized spacial score (nSPS) is 13.3. The molecule has 0 aromatic heterocycles. The summed E-state index contributed by atoms with van der Waals surface area (Å²) in [6, 6.07) is 5.28. The zero-order chi connectivity index (χ0) is 13.2. The molecule has 1 amide bonds. The first-order valence-corrected chi connectivity index (χ1v) is 6.38. The van der Waals surface area contributed by atoms with Crippen LogP contribution in [0.1, 0.15) is 23.4 Å². The van der Waals surface area contributed by atoms with E-state index in [0.717, 1.165) is 5.56 Å². The zero-order valence-corrected chi connectivity index (χ0v) is 12.3. The topological polar surface area (TPSA) is 29.1 Å². The lowest BCUT2D eigenvalue weighted by atomic mass is 10.1. The molecule has 1 rings (SSSR count). The Hall–Kier alpha value is -0.150. The number of amides is 1. The fourth-order valence-corrected chi connectivity index (χ4v) is 1.82. The van der Waals surface area contributed by atoms with Crippen LogP contribution in [0.2, 0.25) is 0 Å². The molecular formula is C11H11Cl4NO. The molecule has 0 aliphatic carbocycles. The van der Waals surface area contributed by atoms with Crippen LogP contribution in [0.5, 0.6) is 0 Å². The van der Waals surface area contributed by atoms with Gasteiger partial charge in [-0.3, -0.25) is 4.79 Å². The largest absolute Gasteiger partial charge is 0.326 e. The van der Waals surface area contributed by atoms with Crippen LogP contribution in [0.25, 0.3) is 0 Å². The summed E-state index contributed by atoms with van der Waals surface area (Å²) < 4.78 is -1.59. The molecule has 0 bridgehead atoms. The molecular weight excluding hydrogens is 304 g/mol. The summed E-state index contributed by atoms with van der Waals surface area (Å²) in [6.45, 7) is 3.30. The van der Waals surface area contributed by atoms with Gasteiger partial charge in [0.1, 0.15) is 5.38 Å². The molecule has 0 radical (unpaired) electrons. The highest BCUT2D eigenvalue weighted by Gasteiger charge is 2.32. The number of carbonyl (C=O) groups excluding carboxylic acids is 1. The third-order valence-electron chi connectivity index (χ3n) is 2.15. The second-order valence-electron chi connectivity index (χ2n) is 3.66. The van der Waals surface area contributed by atoms with E-state index in [1.165, 1.54) is 6.92 Å². The number of halogens is 4. The molecule has 0 saturated carbocycles. The molecule has 0 aliphatic rings. The van der Waals surface area contributed by atoms with E-state index in [2.05, 4.69) is 5.32 Å². The summed E-state index contributed by atoms with van der Waals surface area (Å²) in [5, 5.41) is 1.92. The summed E-state index contributed by atoms with van der Waals surface area (Å²) in [4.78, 5) is 11.0. The van der Waals surface area contributed by atoms with Gasteiger partial charge < -0.3 is 5.32 Å². The summed E-state index contributed by atoms with van der Waals surface area (Å²) in [7, 11) is 0. The Bertz CT molecular complexity index is 428. The molecule has 0 aliphatic heterocycles. The second kappa shape index (κ2) is 5.66. The Morgan fingerprint density at radius 1 is 1.35 bits per heavy atom. The summed E-state index contributed by atoms with van der Waals surface area (Å²) in [5.74, 6) is -0.162. The summed E-state index contributed by atoms with van der Waals surface area (Å²) >= 11 is 23.2. The third-order valence-corrected chi connectivity index (χ3v) is 3.72. The average molecular weight is 315 g/mol. The van der Waals surface area contributed by atoms with Crippen LogP contribution in [0.15, 0.2) is 18.2 Å². The molecule has 0 heterocycles. The molecule has 2 nitrogen and oxygen atoms in total. The smallest absolute Gasteiger partial charge is 0.221 e. The quantitative estimate of drug-likeness (QED) is 0.794. The van der Waals surface area contributed by atoms with Gasteiger partial charge in [-0.1, -0.05) is 46.9 Å². The minimum Gasteiger partial charge on any atom is -0.326 e. The number of benzene rings is 1. The number of carbonyl (C=O) groups is 1. The van der Waals surface area contributed by atoms with Gasteiger partial charge in [-0.05, 0) is 24.1 Å². The minimum atomic E-state index is -1.59. The van der Waals surface area contributed by atoms with Crippen LogP contribution < -0.4 is 5.32 Å². The third kappa shape index (κ3) is 4.22. The van der Waals surface area contributed by atoms with Crippen molar-refractivity contribution in [3.63, 3.8) is 0 Å². The van der Waals surface area contributed by atoms with E-state index in [1.54, 1.807) is 12.1 Å².